The Morgan fingerprint density at radius 3 is 2.42 bits per heavy atom. The molecular formula is C10H14BO. The molecule has 0 amide bonds. The molecule has 0 spiro atoms. The third-order valence-electron chi connectivity index (χ3n) is 1.94. The van der Waals surface area contributed by atoms with Crippen molar-refractivity contribution in [3.8, 4) is 0 Å². The van der Waals surface area contributed by atoms with Crippen LogP contribution in [0.4, 0.5) is 0 Å². The quantitative estimate of drug-likeness (QED) is 0.652. The number of aliphatic hydroxyl groups excluding tert-OH is 1. The molecule has 0 aliphatic heterocycles. The second kappa shape index (κ2) is 4.99. The minimum absolute atomic E-state index is 0.279. The van der Waals surface area contributed by atoms with E-state index in [9.17, 15) is 0 Å². The summed E-state index contributed by atoms with van der Waals surface area (Å²) in [5.41, 5.74) is 2.55. The zero-order valence-corrected chi connectivity index (χ0v) is 7.46. The van der Waals surface area contributed by atoms with Crippen LogP contribution in [0.15, 0.2) is 24.3 Å². The van der Waals surface area contributed by atoms with Crippen molar-refractivity contribution in [2.45, 2.75) is 19.7 Å². The molecule has 0 unspecified atom stereocenters. The van der Waals surface area contributed by atoms with Crippen molar-refractivity contribution in [3.63, 3.8) is 0 Å². The molecule has 1 N–H and O–H groups in total. The topological polar surface area (TPSA) is 20.2 Å². The maximum absolute atomic E-state index is 8.62. The fraction of sp³-hybridized carbons (Fsp3) is 0.400. The Bertz CT molecular complexity index is 218. The lowest BCUT2D eigenvalue weighted by Crippen LogP contribution is -2.09. The van der Waals surface area contributed by atoms with Crippen LogP contribution in [-0.4, -0.2) is 19.0 Å². The summed E-state index contributed by atoms with van der Waals surface area (Å²) >= 11 is 0. The second-order valence-electron chi connectivity index (χ2n) is 2.86. The van der Waals surface area contributed by atoms with E-state index in [0.29, 0.717) is 0 Å². The highest BCUT2D eigenvalue weighted by Gasteiger charge is 1.92. The van der Waals surface area contributed by atoms with Gasteiger partial charge in [-0.05, 0) is 18.4 Å². The first kappa shape index (κ1) is 9.33. The van der Waals surface area contributed by atoms with Crippen LogP contribution in [0.5, 0.6) is 0 Å². The Morgan fingerprint density at radius 1 is 1.25 bits per heavy atom. The maximum Gasteiger partial charge on any atom is 0.148 e. The highest BCUT2D eigenvalue weighted by Crippen LogP contribution is 2.00. The molecular weight excluding hydrogens is 147 g/mol. The summed E-state index contributed by atoms with van der Waals surface area (Å²) in [5.74, 6) is 0. The van der Waals surface area contributed by atoms with Gasteiger partial charge in [0.05, 0.1) is 0 Å². The number of benzene rings is 1. The highest BCUT2D eigenvalue weighted by atomic mass is 16.2. The van der Waals surface area contributed by atoms with Gasteiger partial charge in [0.1, 0.15) is 7.28 Å². The predicted molar refractivity (Wildman–Crippen MR) is 53.1 cm³/mol. The van der Waals surface area contributed by atoms with Crippen molar-refractivity contribution < 1.29 is 5.11 Å². The second-order valence-corrected chi connectivity index (χ2v) is 2.86. The van der Waals surface area contributed by atoms with Crippen LogP contribution in [0.3, 0.4) is 0 Å². The molecule has 63 valence electrons. The van der Waals surface area contributed by atoms with Crippen LogP contribution in [0.25, 0.3) is 0 Å². The largest absolute Gasteiger partial charge is 0.396 e. The summed E-state index contributed by atoms with van der Waals surface area (Å²) in [4.78, 5) is 0. The van der Waals surface area contributed by atoms with Crippen LogP contribution >= 0.6 is 0 Å². The lowest BCUT2D eigenvalue weighted by Gasteiger charge is -2.00. The van der Waals surface area contributed by atoms with Crippen LogP contribution in [0.1, 0.15) is 12.0 Å². The average molecular weight is 161 g/mol. The first-order valence-electron chi connectivity index (χ1n) is 4.36. The minimum atomic E-state index is 0.279. The summed E-state index contributed by atoms with van der Waals surface area (Å²) in [7, 11) is 2.08. The Kier molecular flexibility index (Phi) is 3.88. The van der Waals surface area contributed by atoms with E-state index in [2.05, 4.69) is 31.5 Å². The Balaban J connectivity index is 2.53. The molecule has 0 heterocycles. The lowest BCUT2D eigenvalue weighted by atomic mass is 9.73. The molecule has 0 saturated carbocycles. The van der Waals surface area contributed by atoms with Gasteiger partial charge in [-0.1, -0.05) is 36.6 Å². The zero-order chi connectivity index (χ0) is 8.81. The standard InChI is InChI=1S/C10H14BO/c1-11-10-6-4-9(5-7-10)3-2-8-12/h4-7,12H,2-3,8H2,1H3. The number of aliphatic hydroxyl groups is 1. The number of aryl methyl sites for hydroxylation is 1. The molecule has 12 heavy (non-hydrogen) atoms. The normalized spacial score (nSPS) is 9.83. The molecule has 0 fully saturated rings. The smallest absolute Gasteiger partial charge is 0.148 e. The van der Waals surface area contributed by atoms with E-state index in [1.165, 1.54) is 11.0 Å². The maximum atomic E-state index is 8.62. The molecule has 1 nitrogen and oxygen atoms in total. The van der Waals surface area contributed by atoms with Crippen LogP contribution in [0, 0.1) is 0 Å². The first-order chi connectivity index (χ1) is 5.86. The molecule has 0 aromatic heterocycles. The van der Waals surface area contributed by atoms with Gasteiger partial charge in [0, 0.05) is 6.61 Å². The van der Waals surface area contributed by atoms with Crippen molar-refractivity contribution in [1.82, 2.24) is 0 Å². The van der Waals surface area contributed by atoms with E-state index in [0.717, 1.165) is 12.8 Å². The summed E-state index contributed by atoms with van der Waals surface area (Å²) < 4.78 is 0. The van der Waals surface area contributed by atoms with Crippen molar-refractivity contribution in [2.75, 3.05) is 6.61 Å². The fourth-order valence-electron chi connectivity index (χ4n) is 1.16. The van der Waals surface area contributed by atoms with Gasteiger partial charge in [0.25, 0.3) is 0 Å². The molecule has 0 saturated heterocycles. The van der Waals surface area contributed by atoms with Crippen LogP contribution in [0.2, 0.25) is 6.82 Å². The summed E-state index contributed by atoms with van der Waals surface area (Å²) in [6, 6.07) is 8.44. The SMILES string of the molecule is C[B]c1ccc(CCCO)cc1. The summed E-state index contributed by atoms with van der Waals surface area (Å²) in [5, 5.41) is 8.62. The van der Waals surface area contributed by atoms with Crippen LogP contribution < -0.4 is 5.46 Å². The lowest BCUT2D eigenvalue weighted by molar-refractivity contribution is 0.288. The monoisotopic (exact) mass is 161 g/mol. The molecule has 1 aromatic rings. The average Bonchev–Trinajstić information content (AvgIpc) is 2.15. The zero-order valence-electron chi connectivity index (χ0n) is 7.46. The first-order valence-corrected chi connectivity index (χ1v) is 4.36. The van der Waals surface area contributed by atoms with Gasteiger partial charge in [-0.3, -0.25) is 0 Å². The van der Waals surface area contributed by atoms with Gasteiger partial charge in [-0.25, -0.2) is 0 Å². The van der Waals surface area contributed by atoms with E-state index in [4.69, 9.17) is 5.11 Å². The molecule has 2 heteroatoms. The fourth-order valence-corrected chi connectivity index (χ4v) is 1.16. The van der Waals surface area contributed by atoms with Gasteiger partial charge in [0.2, 0.25) is 0 Å². The van der Waals surface area contributed by atoms with Gasteiger partial charge >= 0.3 is 0 Å². The highest BCUT2D eigenvalue weighted by molar-refractivity contribution is 6.51. The van der Waals surface area contributed by atoms with E-state index in [1.807, 2.05) is 6.82 Å². The predicted octanol–water partition coefficient (Wildman–Crippen LogP) is 0.989. The van der Waals surface area contributed by atoms with Gasteiger partial charge in [-0.15, -0.1) is 0 Å². The Hall–Kier alpha value is -0.755. The third kappa shape index (κ3) is 2.70. The number of hydrogen-bond donors (Lipinski definition) is 1. The molecule has 0 atom stereocenters. The number of rotatable bonds is 4. The van der Waals surface area contributed by atoms with E-state index >= 15 is 0 Å². The summed E-state index contributed by atoms with van der Waals surface area (Å²) in [6.45, 7) is 2.31. The molecule has 0 aliphatic rings. The summed E-state index contributed by atoms with van der Waals surface area (Å²) in [6.07, 6.45) is 1.83. The minimum Gasteiger partial charge on any atom is -0.396 e. The van der Waals surface area contributed by atoms with Crippen LogP contribution in [-0.2, 0) is 6.42 Å². The van der Waals surface area contributed by atoms with Gasteiger partial charge in [-0.2, -0.15) is 0 Å². The van der Waals surface area contributed by atoms with Gasteiger partial charge in [0.15, 0.2) is 0 Å². The van der Waals surface area contributed by atoms with E-state index < -0.39 is 0 Å². The number of hydrogen-bond acceptors (Lipinski definition) is 1. The van der Waals surface area contributed by atoms with Crippen molar-refractivity contribution in [2.24, 2.45) is 0 Å². The Labute approximate surface area is 74.7 Å². The molecule has 1 radical (unpaired) electrons. The Morgan fingerprint density at radius 2 is 1.92 bits per heavy atom. The van der Waals surface area contributed by atoms with E-state index in [-0.39, 0.29) is 6.61 Å². The molecule has 1 rings (SSSR count). The van der Waals surface area contributed by atoms with Crippen molar-refractivity contribution in [3.05, 3.63) is 29.8 Å². The third-order valence-corrected chi connectivity index (χ3v) is 1.94. The van der Waals surface area contributed by atoms with Gasteiger partial charge < -0.3 is 5.11 Å². The van der Waals surface area contributed by atoms with Crippen molar-refractivity contribution in [1.29, 1.82) is 0 Å². The molecule has 0 bridgehead atoms. The molecule has 0 aliphatic carbocycles. The van der Waals surface area contributed by atoms with E-state index in [1.54, 1.807) is 0 Å². The molecule has 1 aromatic carbocycles. The van der Waals surface area contributed by atoms with Crippen molar-refractivity contribution >= 4 is 12.7 Å².